The third kappa shape index (κ3) is 5.46. The van der Waals surface area contributed by atoms with Crippen LogP contribution in [-0.4, -0.2) is 25.1 Å². The minimum Gasteiger partial charge on any atom is -0.345 e. The number of allylic oxidation sites excluding steroid dienone is 6. The predicted octanol–water partition coefficient (Wildman–Crippen LogP) is 14.1. The number of nitrogens with zero attached hydrogens (tertiary/aromatic N) is 2. The molecule has 2 atom stereocenters. The van der Waals surface area contributed by atoms with Crippen LogP contribution in [0.5, 0.6) is 0 Å². The predicted molar refractivity (Wildman–Crippen MR) is 246 cm³/mol. The quantitative estimate of drug-likeness (QED) is 0.168. The average molecular weight is 759 g/mol. The van der Waals surface area contributed by atoms with Gasteiger partial charge in [0.25, 0.3) is 0 Å². The number of rotatable bonds is 4. The molecule has 2 nitrogen and oxygen atoms in total. The van der Waals surface area contributed by atoms with Gasteiger partial charge in [-0.25, -0.2) is 0 Å². The van der Waals surface area contributed by atoms with E-state index in [1.807, 2.05) is 0 Å². The summed E-state index contributed by atoms with van der Waals surface area (Å²) in [5.41, 5.74) is 19.0. The molecule has 0 bridgehead atoms. The van der Waals surface area contributed by atoms with Crippen molar-refractivity contribution in [3.8, 4) is 22.3 Å². The van der Waals surface area contributed by atoms with Gasteiger partial charge in [0.05, 0.1) is 6.04 Å². The summed E-state index contributed by atoms with van der Waals surface area (Å²) in [4.78, 5) is 8.14. The number of hydrogen-bond acceptors (Lipinski definition) is 2. The zero-order chi connectivity index (χ0) is 38.5. The van der Waals surface area contributed by atoms with Crippen molar-refractivity contribution >= 4 is 45.3 Å². The second-order valence-electron chi connectivity index (χ2n) is 17.5. The van der Waals surface area contributed by atoms with E-state index in [9.17, 15) is 0 Å². The maximum Gasteiger partial charge on any atom is 0.0623 e. The fraction of sp³-hybridized carbons (Fsp3) is 0.222. The molecule has 0 radical (unpaired) electrons. The largest absolute Gasteiger partial charge is 0.345 e. The number of benzene rings is 5. The Bertz CT molecular complexity index is 2700. The Kier molecular flexibility index (Phi) is 7.92. The Morgan fingerprint density at radius 1 is 0.667 bits per heavy atom. The van der Waals surface area contributed by atoms with Gasteiger partial charge in [-0.2, -0.15) is 10.0 Å². The van der Waals surface area contributed by atoms with Gasteiger partial charge in [-0.3, -0.25) is 0 Å². The standard InChI is InChI=1S/C54H50N2S/c1-54(2)47-33-37(21-27-43(47)44-28-25-41(35-48(44)54)55-31-11-15-38-12-5-8-16-49(38)55)20-19-36-22-29-52-45(32-36)46-34-42(26-30-53(46)57(52,3)4)56-50-17-9-6-13-39(50)23-24-40-14-7-10-18-51(40)56/h5-7,9-10,12-14,17-30,32-35,39,50H,8,11,15-16,31H2,1-4H3/b20-19+. The molecule has 0 saturated heterocycles. The Morgan fingerprint density at radius 2 is 1.39 bits per heavy atom. The number of hydrogen-bond donors (Lipinski definition) is 0. The second-order valence-corrected chi connectivity index (χ2v) is 21.1. The van der Waals surface area contributed by atoms with Crippen LogP contribution in [0.2, 0.25) is 0 Å². The molecule has 11 rings (SSSR count). The molecule has 3 aliphatic heterocycles. The lowest BCUT2D eigenvalue weighted by Gasteiger charge is -2.36. The molecule has 3 aliphatic carbocycles. The molecule has 3 heterocycles. The molecule has 0 fully saturated rings. The maximum absolute atomic E-state index is 2.61. The van der Waals surface area contributed by atoms with Gasteiger partial charge in [0.15, 0.2) is 0 Å². The third-order valence-electron chi connectivity index (χ3n) is 13.6. The van der Waals surface area contributed by atoms with E-state index in [4.69, 9.17) is 0 Å². The van der Waals surface area contributed by atoms with Gasteiger partial charge in [0.1, 0.15) is 0 Å². The summed E-state index contributed by atoms with van der Waals surface area (Å²) in [5.74, 6) is 0.318. The van der Waals surface area contributed by atoms with Crippen molar-refractivity contribution in [3.05, 3.63) is 179 Å². The molecule has 3 heteroatoms. The SMILES string of the molecule is CC1(C)c2cc(/C=C/c3ccc4c(c3)-c3cc(N5c6ccccc6C=CC6C=CC=CC65)ccc3S4(C)C)ccc2-c2ccc(N3CCCC4=C3CCC=C4)cc21. The van der Waals surface area contributed by atoms with Crippen LogP contribution < -0.4 is 9.80 Å². The van der Waals surface area contributed by atoms with E-state index < -0.39 is 10.0 Å². The van der Waals surface area contributed by atoms with Crippen LogP contribution in [0, 0.1) is 5.92 Å². The summed E-state index contributed by atoms with van der Waals surface area (Å²) in [5, 5.41) is 0. The molecular weight excluding hydrogens is 709 g/mol. The van der Waals surface area contributed by atoms with Crippen LogP contribution in [0.3, 0.4) is 0 Å². The summed E-state index contributed by atoms with van der Waals surface area (Å²) >= 11 is 0. The van der Waals surface area contributed by atoms with Crippen LogP contribution in [0.25, 0.3) is 40.5 Å². The first-order valence-corrected chi connectivity index (χ1v) is 23.3. The monoisotopic (exact) mass is 758 g/mol. The number of anilines is 3. The topological polar surface area (TPSA) is 6.48 Å². The third-order valence-corrected chi connectivity index (χ3v) is 16.5. The van der Waals surface area contributed by atoms with Crippen molar-refractivity contribution in [2.24, 2.45) is 5.92 Å². The highest BCUT2D eigenvalue weighted by atomic mass is 32.3. The van der Waals surface area contributed by atoms with Crippen LogP contribution in [0.1, 0.15) is 67.3 Å². The Balaban J connectivity index is 0.912. The zero-order valence-corrected chi connectivity index (χ0v) is 34.3. The Hall–Kier alpha value is -5.51. The van der Waals surface area contributed by atoms with E-state index >= 15 is 0 Å². The molecule has 5 aromatic rings. The normalized spacial score (nSPS) is 22.0. The maximum atomic E-state index is 2.61. The van der Waals surface area contributed by atoms with Crippen molar-refractivity contribution in [2.45, 2.75) is 60.8 Å². The molecule has 0 aromatic heterocycles. The first-order chi connectivity index (χ1) is 27.8. The van der Waals surface area contributed by atoms with Crippen molar-refractivity contribution in [1.82, 2.24) is 0 Å². The van der Waals surface area contributed by atoms with E-state index in [-0.39, 0.29) is 11.5 Å². The van der Waals surface area contributed by atoms with Gasteiger partial charge in [-0.1, -0.05) is 123 Å². The van der Waals surface area contributed by atoms with Gasteiger partial charge < -0.3 is 9.80 Å². The second kappa shape index (κ2) is 13.0. The highest BCUT2D eigenvalue weighted by Gasteiger charge is 2.37. The summed E-state index contributed by atoms with van der Waals surface area (Å²) in [7, 11) is -1.14. The summed E-state index contributed by atoms with van der Waals surface area (Å²) in [6.07, 6.45) is 32.8. The minimum absolute atomic E-state index is 0.0684. The highest BCUT2D eigenvalue weighted by Crippen LogP contribution is 2.68. The van der Waals surface area contributed by atoms with Crippen molar-refractivity contribution in [2.75, 3.05) is 28.9 Å². The van der Waals surface area contributed by atoms with Gasteiger partial charge >= 0.3 is 0 Å². The van der Waals surface area contributed by atoms with E-state index in [0.717, 1.165) is 19.4 Å². The van der Waals surface area contributed by atoms with Gasteiger partial charge in [0, 0.05) is 50.4 Å². The van der Waals surface area contributed by atoms with E-state index in [1.165, 1.54) is 89.8 Å². The highest BCUT2D eigenvalue weighted by molar-refractivity contribution is 8.33. The molecule has 57 heavy (non-hydrogen) atoms. The molecule has 282 valence electrons. The Morgan fingerprint density at radius 3 is 2.26 bits per heavy atom. The van der Waals surface area contributed by atoms with Gasteiger partial charge in [-0.15, -0.1) is 0 Å². The van der Waals surface area contributed by atoms with Crippen molar-refractivity contribution in [1.29, 1.82) is 0 Å². The van der Waals surface area contributed by atoms with Gasteiger partial charge in [-0.05, 0) is 142 Å². The van der Waals surface area contributed by atoms with Crippen LogP contribution >= 0.6 is 10.0 Å². The molecule has 5 aromatic carbocycles. The average Bonchev–Trinajstić information content (AvgIpc) is 3.51. The number of para-hydroxylation sites is 1. The number of fused-ring (bicyclic) bond motifs is 8. The molecule has 0 spiro atoms. The van der Waals surface area contributed by atoms with E-state index in [1.54, 1.807) is 11.3 Å². The first-order valence-electron chi connectivity index (χ1n) is 20.8. The van der Waals surface area contributed by atoms with Crippen molar-refractivity contribution in [3.63, 3.8) is 0 Å². The molecule has 0 N–H and O–H groups in total. The smallest absolute Gasteiger partial charge is 0.0623 e. The molecule has 6 aliphatic rings. The van der Waals surface area contributed by atoms with Gasteiger partial charge in [0.2, 0.25) is 0 Å². The fourth-order valence-electron chi connectivity index (χ4n) is 10.6. The van der Waals surface area contributed by atoms with Crippen LogP contribution in [-0.2, 0) is 5.41 Å². The van der Waals surface area contributed by atoms with E-state index in [2.05, 4.69) is 194 Å². The Labute approximate surface area is 340 Å². The lowest BCUT2D eigenvalue weighted by Crippen LogP contribution is -2.35. The summed E-state index contributed by atoms with van der Waals surface area (Å²) in [6.45, 7) is 5.94. The van der Waals surface area contributed by atoms with Crippen molar-refractivity contribution < 1.29 is 0 Å². The molecule has 2 unspecified atom stereocenters. The summed E-state index contributed by atoms with van der Waals surface area (Å²) in [6, 6.07) is 37.9. The molecule has 0 amide bonds. The first kappa shape index (κ1) is 34.7. The lowest BCUT2D eigenvalue weighted by atomic mass is 9.81. The zero-order valence-electron chi connectivity index (χ0n) is 33.5. The lowest BCUT2D eigenvalue weighted by molar-refractivity contribution is 0.657. The van der Waals surface area contributed by atoms with Crippen LogP contribution in [0.4, 0.5) is 17.1 Å². The minimum atomic E-state index is -1.14. The fourth-order valence-corrected chi connectivity index (χ4v) is 13.1. The molecular formula is C54H50N2S. The van der Waals surface area contributed by atoms with E-state index in [0.29, 0.717) is 5.92 Å². The molecule has 0 saturated carbocycles. The summed E-state index contributed by atoms with van der Waals surface area (Å²) < 4.78 is 0. The van der Waals surface area contributed by atoms with Crippen LogP contribution in [0.15, 0.2) is 161 Å².